The van der Waals surface area contributed by atoms with Gasteiger partial charge in [0.15, 0.2) is 0 Å². The van der Waals surface area contributed by atoms with Crippen LogP contribution < -0.4 is 10.4 Å². The fourth-order valence-corrected chi connectivity index (χ4v) is 3.34. The Morgan fingerprint density at radius 1 is 1.13 bits per heavy atom. The number of carbonyl (C=O) groups excluding carboxylic acids is 1. The van der Waals surface area contributed by atoms with Crippen molar-refractivity contribution in [1.82, 2.24) is 15.4 Å². The second-order valence-electron chi connectivity index (χ2n) is 6.66. The summed E-state index contributed by atoms with van der Waals surface area (Å²) in [7, 11) is 0. The number of aliphatic imine (C=N–C) groups is 1. The zero-order chi connectivity index (χ0) is 20.8. The van der Waals surface area contributed by atoms with Gasteiger partial charge in [0.1, 0.15) is 6.34 Å². The number of fused-ring (bicyclic) bond motifs is 1. The highest BCUT2D eigenvalue weighted by Crippen LogP contribution is 2.25. The van der Waals surface area contributed by atoms with Gasteiger partial charge in [-0.15, -0.1) is 0 Å². The van der Waals surface area contributed by atoms with Gasteiger partial charge in [-0.05, 0) is 29.7 Å². The molecule has 1 amide bonds. The number of halogens is 1. The fourth-order valence-electron chi connectivity index (χ4n) is 3.15. The lowest BCUT2D eigenvalue weighted by Gasteiger charge is -2.22. The summed E-state index contributed by atoms with van der Waals surface area (Å²) in [5.41, 5.74) is 5.71. The molecule has 0 unspecified atom stereocenters. The molecule has 0 bridgehead atoms. The molecule has 0 atom stereocenters. The van der Waals surface area contributed by atoms with Crippen LogP contribution in [-0.4, -0.2) is 28.8 Å². The van der Waals surface area contributed by atoms with Crippen LogP contribution in [0.5, 0.6) is 0 Å². The minimum Gasteiger partial charge on any atom is -0.348 e. The summed E-state index contributed by atoms with van der Waals surface area (Å²) in [6, 6.07) is 20.9. The maximum absolute atomic E-state index is 12.5. The summed E-state index contributed by atoms with van der Waals surface area (Å²) < 4.78 is 0. The van der Waals surface area contributed by atoms with Gasteiger partial charge in [-0.1, -0.05) is 54.1 Å². The van der Waals surface area contributed by atoms with Gasteiger partial charge in [0.25, 0.3) is 5.91 Å². The SMILES string of the molecule is O=C(N=CN(NCCc1cnc[nH]1)c1cccc2ccccc12)c1cccc(Cl)c1. The number of aromatic nitrogens is 2. The largest absolute Gasteiger partial charge is 0.348 e. The van der Waals surface area contributed by atoms with Crippen LogP contribution in [0.2, 0.25) is 5.02 Å². The van der Waals surface area contributed by atoms with E-state index in [2.05, 4.69) is 32.5 Å². The first-order chi connectivity index (χ1) is 14.7. The molecular weight excluding hydrogens is 398 g/mol. The molecule has 4 rings (SSSR count). The standard InChI is InChI=1S/C23H20ClN5O/c24-19-8-3-7-18(13-19)23(30)27-16-29(28-12-11-20-14-25-15-26-20)22-10-4-6-17-5-1-2-9-21(17)22/h1-10,13-16,28H,11-12H2,(H,25,26). The van der Waals surface area contributed by atoms with Crippen molar-refractivity contribution in [3.8, 4) is 0 Å². The lowest BCUT2D eigenvalue weighted by Crippen LogP contribution is -2.38. The van der Waals surface area contributed by atoms with Crippen LogP contribution >= 0.6 is 11.6 Å². The number of rotatable bonds is 7. The number of carbonyl (C=O) groups is 1. The van der Waals surface area contributed by atoms with Gasteiger partial charge in [-0.25, -0.2) is 10.4 Å². The van der Waals surface area contributed by atoms with Gasteiger partial charge in [-0.2, -0.15) is 4.99 Å². The van der Waals surface area contributed by atoms with E-state index in [0.717, 1.165) is 28.6 Å². The number of benzene rings is 3. The molecular formula is C23H20ClN5O. The molecule has 0 saturated carbocycles. The molecule has 0 fully saturated rings. The molecule has 0 aliphatic heterocycles. The van der Waals surface area contributed by atoms with Gasteiger partial charge < -0.3 is 4.98 Å². The maximum atomic E-state index is 12.5. The highest BCUT2D eigenvalue weighted by molar-refractivity contribution is 6.31. The second kappa shape index (κ2) is 9.35. The molecule has 0 saturated heterocycles. The van der Waals surface area contributed by atoms with Crippen molar-refractivity contribution in [2.24, 2.45) is 4.99 Å². The van der Waals surface area contributed by atoms with E-state index in [4.69, 9.17) is 11.6 Å². The molecule has 3 aromatic carbocycles. The van der Waals surface area contributed by atoms with E-state index >= 15 is 0 Å². The first-order valence-electron chi connectivity index (χ1n) is 9.52. The van der Waals surface area contributed by atoms with E-state index < -0.39 is 0 Å². The average molecular weight is 418 g/mol. The lowest BCUT2D eigenvalue weighted by molar-refractivity contribution is 0.100. The Balaban J connectivity index is 1.60. The van der Waals surface area contributed by atoms with Gasteiger partial charge in [0.2, 0.25) is 0 Å². The minimum atomic E-state index is -0.363. The van der Waals surface area contributed by atoms with Crippen LogP contribution in [0.1, 0.15) is 16.1 Å². The van der Waals surface area contributed by atoms with Gasteiger partial charge in [0, 0.05) is 40.8 Å². The normalized spacial score (nSPS) is 11.2. The number of hydrazine groups is 1. The Labute approximate surface area is 179 Å². The smallest absolute Gasteiger partial charge is 0.278 e. The number of anilines is 1. The Bertz CT molecular complexity index is 1170. The van der Waals surface area contributed by atoms with E-state index in [1.54, 1.807) is 41.8 Å². The molecule has 30 heavy (non-hydrogen) atoms. The van der Waals surface area contributed by atoms with Crippen molar-refractivity contribution in [3.05, 3.63) is 95.5 Å². The van der Waals surface area contributed by atoms with Gasteiger partial charge in [0.05, 0.1) is 12.0 Å². The summed E-state index contributed by atoms with van der Waals surface area (Å²) in [6.07, 6.45) is 5.71. The Kier molecular flexibility index (Phi) is 6.17. The zero-order valence-corrected chi connectivity index (χ0v) is 16.9. The van der Waals surface area contributed by atoms with Crippen molar-refractivity contribution in [3.63, 3.8) is 0 Å². The number of nitrogens with one attached hydrogen (secondary N) is 2. The number of hydrogen-bond donors (Lipinski definition) is 2. The van der Waals surface area contributed by atoms with Gasteiger partial charge >= 0.3 is 0 Å². The second-order valence-corrected chi connectivity index (χ2v) is 7.10. The van der Waals surface area contributed by atoms with E-state index in [1.807, 2.05) is 30.3 Å². The molecule has 150 valence electrons. The summed E-state index contributed by atoms with van der Waals surface area (Å²) in [5, 5.41) is 4.43. The molecule has 0 aliphatic carbocycles. The highest BCUT2D eigenvalue weighted by atomic mass is 35.5. The number of hydrogen-bond acceptors (Lipinski definition) is 3. The summed E-state index contributed by atoms with van der Waals surface area (Å²) in [6.45, 7) is 0.628. The quantitative estimate of drug-likeness (QED) is 0.261. The minimum absolute atomic E-state index is 0.363. The number of aromatic amines is 1. The van der Waals surface area contributed by atoms with E-state index in [-0.39, 0.29) is 5.91 Å². The molecule has 0 aliphatic rings. The van der Waals surface area contributed by atoms with Crippen LogP contribution in [0, 0.1) is 0 Å². The third-order valence-corrected chi connectivity index (χ3v) is 4.85. The summed E-state index contributed by atoms with van der Waals surface area (Å²) >= 11 is 6.00. The number of nitrogens with zero attached hydrogens (tertiary/aromatic N) is 3. The summed E-state index contributed by atoms with van der Waals surface area (Å²) in [4.78, 5) is 23.8. The average Bonchev–Trinajstić information content (AvgIpc) is 3.29. The van der Waals surface area contributed by atoms with E-state index in [9.17, 15) is 4.79 Å². The van der Waals surface area contributed by atoms with Crippen LogP contribution in [0.3, 0.4) is 0 Å². The van der Waals surface area contributed by atoms with Crippen molar-refractivity contribution in [2.75, 3.05) is 11.6 Å². The lowest BCUT2D eigenvalue weighted by atomic mass is 10.1. The van der Waals surface area contributed by atoms with Crippen molar-refractivity contribution in [1.29, 1.82) is 0 Å². The zero-order valence-electron chi connectivity index (χ0n) is 16.1. The number of amides is 1. The van der Waals surface area contributed by atoms with Crippen molar-refractivity contribution < 1.29 is 4.79 Å². The van der Waals surface area contributed by atoms with Crippen LogP contribution in [-0.2, 0) is 6.42 Å². The Hall–Kier alpha value is -3.48. The first-order valence-corrected chi connectivity index (χ1v) is 9.90. The predicted octanol–water partition coefficient (Wildman–Crippen LogP) is 4.64. The van der Waals surface area contributed by atoms with Crippen molar-refractivity contribution in [2.45, 2.75) is 6.42 Å². The molecule has 1 heterocycles. The molecule has 1 aromatic heterocycles. The van der Waals surface area contributed by atoms with Crippen LogP contribution in [0.15, 0.2) is 84.2 Å². The molecule has 7 heteroatoms. The summed E-state index contributed by atoms with van der Waals surface area (Å²) in [5.74, 6) is -0.363. The van der Waals surface area contributed by atoms with Gasteiger partial charge in [-0.3, -0.25) is 9.80 Å². The van der Waals surface area contributed by atoms with E-state index in [1.165, 1.54) is 6.34 Å². The fraction of sp³-hybridized carbons (Fsp3) is 0.0870. The third kappa shape index (κ3) is 4.74. The maximum Gasteiger partial charge on any atom is 0.278 e. The Morgan fingerprint density at radius 2 is 1.97 bits per heavy atom. The van der Waals surface area contributed by atoms with Crippen LogP contribution in [0.4, 0.5) is 5.69 Å². The molecule has 4 aromatic rings. The predicted molar refractivity (Wildman–Crippen MR) is 121 cm³/mol. The van der Waals surface area contributed by atoms with Crippen LogP contribution in [0.25, 0.3) is 10.8 Å². The molecule has 6 nitrogen and oxygen atoms in total. The third-order valence-electron chi connectivity index (χ3n) is 4.62. The van der Waals surface area contributed by atoms with E-state index in [0.29, 0.717) is 17.1 Å². The Morgan fingerprint density at radius 3 is 2.80 bits per heavy atom. The monoisotopic (exact) mass is 417 g/mol. The topological polar surface area (TPSA) is 73.4 Å². The molecule has 0 radical (unpaired) electrons. The molecule has 0 spiro atoms. The number of H-pyrrole nitrogens is 1. The highest BCUT2D eigenvalue weighted by Gasteiger charge is 2.10. The first kappa shape index (κ1) is 19.8. The number of imidazole rings is 1. The van der Waals surface area contributed by atoms with Crippen molar-refractivity contribution >= 4 is 40.3 Å². The molecule has 2 N–H and O–H groups in total.